The molecule has 1 amide bonds. The molecule has 8 heteroatoms. The van der Waals surface area contributed by atoms with Gasteiger partial charge in [0.15, 0.2) is 0 Å². The lowest BCUT2D eigenvalue weighted by Crippen LogP contribution is -2.43. The quantitative estimate of drug-likeness (QED) is 0.340. The highest BCUT2D eigenvalue weighted by atomic mass is 16.6. The Labute approximate surface area is 160 Å². The van der Waals surface area contributed by atoms with Gasteiger partial charge in [-0.2, -0.15) is 0 Å². The van der Waals surface area contributed by atoms with E-state index in [0.717, 1.165) is 4.90 Å². The van der Waals surface area contributed by atoms with E-state index in [4.69, 9.17) is 14.2 Å². The maximum absolute atomic E-state index is 12.4. The molecular formula is C19H31NO7. The van der Waals surface area contributed by atoms with Crippen LogP contribution in [0.25, 0.3) is 0 Å². The fourth-order valence-corrected chi connectivity index (χ4v) is 1.88. The van der Waals surface area contributed by atoms with E-state index < -0.39 is 48.1 Å². The molecule has 0 saturated carbocycles. The van der Waals surface area contributed by atoms with Crippen LogP contribution < -0.4 is 0 Å². The van der Waals surface area contributed by atoms with Gasteiger partial charge < -0.3 is 19.1 Å². The lowest BCUT2D eigenvalue weighted by molar-refractivity contribution is -0.163. The van der Waals surface area contributed by atoms with Crippen molar-refractivity contribution in [2.24, 2.45) is 0 Å². The van der Waals surface area contributed by atoms with Crippen molar-refractivity contribution >= 4 is 23.8 Å². The SMILES string of the molecule is C=CCOC(=O)CCC(=O)N(CC(=O)OC(C)(C)C)CC(=O)OC(C)(C)C. The lowest BCUT2D eigenvalue weighted by atomic mass is 10.2. The van der Waals surface area contributed by atoms with Gasteiger partial charge in [-0.25, -0.2) is 0 Å². The minimum atomic E-state index is -0.730. The summed E-state index contributed by atoms with van der Waals surface area (Å²) in [6.45, 7) is 12.8. The number of ether oxygens (including phenoxy) is 3. The highest BCUT2D eigenvalue weighted by molar-refractivity contribution is 5.88. The van der Waals surface area contributed by atoms with Gasteiger partial charge >= 0.3 is 17.9 Å². The zero-order valence-electron chi connectivity index (χ0n) is 17.1. The van der Waals surface area contributed by atoms with Crippen molar-refractivity contribution in [1.29, 1.82) is 0 Å². The first-order valence-corrected chi connectivity index (χ1v) is 8.71. The number of nitrogens with zero attached hydrogens (tertiary/aromatic N) is 1. The monoisotopic (exact) mass is 385 g/mol. The first-order valence-electron chi connectivity index (χ1n) is 8.71. The summed E-state index contributed by atoms with van der Waals surface area (Å²) in [5, 5.41) is 0. The van der Waals surface area contributed by atoms with Gasteiger partial charge in [-0.05, 0) is 41.5 Å². The van der Waals surface area contributed by atoms with Crippen LogP contribution in [0.4, 0.5) is 0 Å². The third-order valence-corrected chi connectivity index (χ3v) is 2.74. The molecule has 0 aromatic rings. The summed E-state index contributed by atoms with van der Waals surface area (Å²) in [4.78, 5) is 49.0. The van der Waals surface area contributed by atoms with E-state index in [1.807, 2.05) is 0 Å². The molecule has 27 heavy (non-hydrogen) atoms. The number of esters is 3. The minimum absolute atomic E-state index is 0.0482. The Balaban J connectivity index is 4.96. The third-order valence-electron chi connectivity index (χ3n) is 2.74. The van der Waals surface area contributed by atoms with Crippen LogP contribution in [0.2, 0.25) is 0 Å². The predicted octanol–water partition coefficient (Wildman–Crippen LogP) is 2.01. The summed E-state index contributed by atoms with van der Waals surface area (Å²) in [6.07, 6.45) is 1.03. The molecule has 0 aliphatic carbocycles. The second kappa shape index (κ2) is 10.7. The fraction of sp³-hybridized carbons (Fsp3) is 0.684. The van der Waals surface area contributed by atoms with Gasteiger partial charge in [0, 0.05) is 6.42 Å². The number of hydrogen-bond donors (Lipinski definition) is 0. The van der Waals surface area contributed by atoms with Gasteiger partial charge in [-0.3, -0.25) is 19.2 Å². The van der Waals surface area contributed by atoms with Crippen LogP contribution in [-0.4, -0.2) is 59.6 Å². The molecule has 0 bridgehead atoms. The van der Waals surface area contributed by atoms with Crippen LogP contribution in [-0.2, 0) is 33.4 Å². The Hall–Kier alpha value is -2.38. The van der Waals surface area contributed by atoms with Crippen LogP contribution in [0.3, 0.4) is 0 Å². The number of carbonyl (C=O) groups is 4. The molecule has 8 nitrogen and oxygen atoms in total. The summed E-state index contributed by atoms with van der Waals surface area (Å²) >= 11 is 0. The number of carbonyl (C=O) groups excluding carboxylic acids is 4. The summed E-state index contributed by atoms with van der Waals surface area (Å²) < 4.78 is 15.2. The van der Waals surface area contributed by atoms with E-state index in [1.165, 1.54) is 6.08 Å². The first-order chi connectivity index (χ1) is 12.2. The van der Waals surface area contributed by atoms with Crippen LogP contribution in [0.1, 0.15) is 54.4 Å². The van der Waals surface area contributed by atoms with Crippen molar-refractivity contribution in [1.82, 2.24) is 4.90 Å². The van der Waals surface area contributed by atoms with Crippen molar-refractivity contribution in [2.75, 3.05) is 19.7 Å². The smallest absolute Gasteiger partial charge is 0.326 e. The number of amides is 1. The molecule has 0 aromatic heterocycles. The van der Waals surface area contributed by atoms with E-state index in [9.17, 15) is 19.2 Å². The van der Waals surface area contributed by atoms with Gasteiger partial charge in [0.1, 0.15) is 30.9 Å². The molecule has 0 aliphatic heterocycles. The van der Waals surface area contributed by atoms with Gasteiger partial charge in [-0.1, -0.05) is 12.7 Å². The van der Waals surface area contributed by atoms with Crippen LogP contribution in [0.15, 0.2) is 12.7 Å². The summed E-state index contributed by atoms with van der Waals surface area (Å²) in [7, 11) is 0. The molecular weight excluding hydrogens is 354 g/mol. The van der Waals surface area contributed by atoms with Crippen LogP contribution in [0, 0.1) is 0 Å². The maximum Gasteiger partial charge on any atom is 0.326 e. The van der Waals surface area contributed by atoms with Crippen molar-refractivity contribution in [3.63, 3.8) is 0 Å². The molecule has 0 aliphatic rings. The Morgan fingerprint density at radius 1 is 0.815 bits per heavy atom. The molecule has 0 aromatic carbocycles. The first kappa shape index (κ1) is 24.6. The largest absolute Gasteiger partial charge is 0.461 e. The molecule has 154 valence electrons. The molecule has 0 rings (SSSR count). The Kier molecular flexibility index (Phi) is 9.75. The highest BCUT2D eigenvalue weighted by Crippen LogP contribution is 2.11. The second-order valence-corrected chi connectivity index (χ2v) is 7.89. The predicted molar refractivity (Wildman–Crippen MR) is 98.7 cm³/mol. The summed E-state index contributed by atoms with van der Waals surface area (Å²) in [5.74, 6) is -2.44. The van der Waals surface area contributed by atoms with Gasteiger partial charge in [0.25, 0.3) is 0 Å². The molecule has 0 radical (unpaired) electrons. The topological polar surface area (TPSA) is 99.2 Å². The van der Waals surface area contributed by atoms with Crippen molar-refractivity contribution in [3.05, 3.63) is 12.7 Å². The average molecular weight is 385 g/mol. The molecule has 0 fully saturated rings. The van der Waals surface area contributed by atoms with E-state index in [2.05, 4.69) is 6.58 Å². The third kappa shape index (κ3) is 13.5. The molecule has 0 spiro atoms. The summed E-state index contributed by atoms with van der Waals surface area (Å²) in [5.41, 5.74) is -1.46. The molecule has 0 atom stereocenters. The van der Waals surface area contributed by atoms with Crippen LogP contribution >= 0.6 is 0 Å². The van der Waals surface area contributed by atoms with Crippen molar-refractivity contribution in [3.8, 4) is 0 Å². The molecule has 0 unspecified atom stereocenters. The summed E-state index contributed by atoms with van der Waals surface area (Å²) in [6, 6.07) is 0. The second-order valence-electron chi connectivity index (χ2n) is 7.89. The Morgan fingerprint density at radius 2 is 1.26 bits per heavy atom. The Bertz CT molecular complexity index is 525. The minimum Gasteiger partial charge on any atom is -0.461 e. The van der Waals surface area contributed by atoms with E-state index in [1.54, 1.807) is 41.5 Å². The number of rotatable bonds is 9. The normalized spacial score (nSPS) is 11.3. The molecule has 0 saturated heterocycles. The van der Waals surface area contributed by atoms with Gasteiger partial charge in [0.2, 0.25) is 5.91 Å². The Morgan fingerprint density at radius 3 is 1.63 bits per heavy atom. The zero-order valence-corrected chi connectivity index (χ0v) is 17.1. The average Bonchev–Trinajstić information content (AvgIpc) is 2.45. The van der Waals surface area contributed by atoms with Crippen molar-refractivity contribution < 1.29 is 33.4 Å². The van der Waals surface area contributed by atoms with E-state index in [-0.39, 0.29) is 19.4 Å². The van der Waals surface area contributed by atoms with Crippen LogP contribution in [0.5, 0.6) is 0 Å². The van der Waals surface area contributed by atoms with E-state index in [0.29, 0.717) is 0 Å². The molecule has 0 heterocycles. The fourth-order valence-electron chi connectivity index (χ4n) is 1.88. The zero-order chi connectivity index (χ0) is 21.3. The molecule has 0 N–H and O–H groups in total. The van der Waals surface area contributed by atoms with Crippen molar-refractivity contribution in [2.45, 2.75) is 65.6 Å². The van der Waals surface area contributed by atoms with Gasteiger partial charge in [0.05, 0.1) is 6.42 Å². The standard InChI is InChI=1S/C19H31NO7/c1-8-11-25-15(22)10-9-14(21)20(12-16(23)26-18(2,3)4)13-17(24)27-19(5,6)7/h8H,1,9-13H2,2-7H3. The number of hydrogen-bond acceptors (Lipinski definition) is 7. The maximum atomic E-state index is 12.4. The van der Waals surface area contributed by atoms with Gasteiger partial charge in [-0.15, -0.1) is 0 Å². The lowest BCUT2D eigenvalue weighted by Gasteiger charge is -2.26. The highest BCUT2D eigenvalue weighted by Gasteiger charge is 2.26. The van der Waals surface area contributed by atoms with E-state index >= 15 is 0 Å².